The van der Waals surface area contributed by atoms with E-state index in [0.717, 1.165) is 38.5 Å². The maximum atomic E-state index is 14.0. The second-order valence-electron chi connectivity index (χ2n) is 13.7. The minimum absolute atomic E-state index is 0.204. The molecule has 0 aromatic carbocycles. The first-order valence-electron chi connectivity index (χ1n) is 18.1. The van der Waals surface area contributed by atoms with Crippen LogP contribution in [0.5, 0.6) is 0 Å². The second-order valence-corrected chi connectivity index (χ2v) is 13.7. The Hall–Kier alpha value is -3.26. The van der Waals surface area contributed by atoms with Crippen molar-refractivity contribution in [3.63, 3.8) is 0 Å². The van der Waals surface area contributed by atoms with Gasteiger partial charge in [0.1, 0.15) is 30.3 Å². The third-order valence-electron chi connectivity index (χ3n) is 9.63. The fraction of sp³-hybridized carbons (Fsp3) is 0.829. The number of ether oxygens (including phenoxy) is 1. The number of aliphatic hydroxyl groups is 2. The van der Waals surface area contributed by atoms with Crippen LogP contribution in [-0.4, -0.2) is 101 Å². The predicted molar refractivity (Wildman–Crippen MR) is 184 cm³/mol. The number of rotatable bonds is 22. The summed E-state index contributed by atoms with van der Waals surface area (Å²) in [4.78, 5) is 79.8. The molecular weight excluding hydrogens is 634 g/mol. The normalized spacial score (nSPS) is 18.4. The number of nitrogens with one attached hydrogen (secondary N) is 3. The van der Waals surface area contributed by atoms with Gasteiger partial charge in [0.2, 0.25) is 29.5 Å². The number of likely N-dealkylation sites (N-methyl/N-ethyl adjacent to an activating group) is 1. The zero-order valence-corrected chi connectivity index (χ0v) is 30.7. The monoisotopic (exact) mass is 697 g/mol. The first kappa shape index (κ1) is 43.8. The Morgan fingerprint density at radius 1 is 0.816 bits per heavy atom. The first-order chi connectivity index (χ1) is 23.1. The summed E-state index contributed by atoms with van der Waals surface area (Å²) in [5, 5.41) is 27.2. The lowest BCUT2D eigenvalue weighted by molar-refractivity contribution is -0.160. The molecule has 0 aromatic heterocycles. The Balaban J connectivity index is 3.21. The van der Waals surface area contributed by atoms with Crippen molar-refractivity contribution in [2.24, 2.45) is 23.5 Å². The standard InChI is InChI=1S/C35H63N5O9/c1-8-10-11-15-19-28(49-35(48)23(5)37-31(44)21(3)24(6)42)22(4)34(47)40(7)27(16-9-2)32(45)39-29(25-17-13-12-14-18-25)33(46)38-26(20-41)30(36)43/h21-29,41-42H,8-20H2,1-7H3,(H2,36,43)(H,37,44)(H,38,46)(H,39,45)/t21-,22+,23+,24-,26-,27-,28+,29-/m0/s1. The van der Waals surface area contributed by atoms with Gasteiger partial charge < -0.3 is 41.5 Å². The Labute approximate surface area is 292 Å². The number of carbonyl (C=O) groups is 6. The molecule has 0 radical (unpaired) electrons. The van der Waals surface area contributed by atoms with Crippen molar-refractivity contribution >= 4 is 35.5 Å². The lowest BCUT2D eigenvalue weighted by Gasteiger charge is -2.35. The van der Waals surface area contributed by atoms with Gasteiger partial charge in [-0.25, -0.2) is 4.79 Å². The van der Waals surface area contributed by atoms with Gasteiger partial charge in [-0.3, -0.25) is 24.0 Å². The first-order valence-corrected chi connectivity index (χ1v) is 18.1. The van der Waals surface area contributed by atoms with E-state index in [2.05, 4.69) is 22.9 Å². The molecule has 14 heteroatoms. The van der Waals surface area contributed by atoms with Crippen molar-refractivity contribution in [3.05, 3.63) is 0 Å². The van der Waals surface area contributed by atoms with Crippen LogP contribution in [0.15, 0.2) is 0 Å². The highest BCUT2D eigenvalue weighted by Gasteiger charge is 2.38. The smallest absolute Gasteiger partial charge is 0.328 e. The molecule has 5 amide bonds. The second kappa shape index (κ2) is 22.5. The average molecular weight is 698 g/mol. The van der Waals surface area contributed by atoms with E-state index in [-0.39, 0.29) is 5.92 Å². The number of carbonyl (C=O) groups excluding carboxylic acids is 6. The van der Waals surface area contributed by atoms with E-state index >= 15 is 0 Å². The molecule has 7 N–H and O–H groups in total. The maximum absolute atomic E-state index is 14.0. The van der Waals surface area contributed by atoms with Gasteiger partial charge in [-0.15, -0.1) is 0 Å². The fourth-order valence-corrected chi connectivity index (χ4v) is 6.05. The van der Waals surface area contributed by atoms with Gasteiger partial charge in [0.25, 0.3) is 0 Å². The van der Waals surface area contributed by atoms with E-state index in [9.17, 15) is 39.0 Å². The van der Waals surface area contributed by atoms with E-state index < -0.39 is 90.3 Å². The quantitative estimate of drug-likeness (QED) is 0.0715. The average Bonchev–Trinajstić information content (AvgIpc) is 3.08. The molecule has 1 fully saturated rings. The highest BCUT2D eigenvalue weighted by molar-refractivity contribution is 5.94. The van der Waals surface area contributed by atoms with Gasteiger partial charge >= 0.3 is 5.97 Å². The Morgan fingerprint density at radius 3 is 1.98 bits per heavy atom. The van der Waals surface area contributed by atoms with Gasteiger partial charge in [-0.05, 0) is 51.9 Å². The Bertz CT molecular complexity index is 1080. The Morgan fingerprint density at radius 2 is 1.45 bits per heavy atom. The van der Waals surface area contributed by atoms with Crippen molar-refractivity contribution in [3.8, 4) is 0 Å². The number of aliphatic hydroxyl groups excluding tert-OH is 2. The van der Waals surface area contributed by atoms with Crippen molar-refractivity contribution in [2.75, 3.05) is 13.7 Å². The topological polar surface area (TPSA) is 217 Å². The lowest BCUT2D eigenvalue weighted by Crippen LogP contribution is -2.59. The molecule has 0 spiro atoms. The zero-order valence-electron chi connectivity index (χ0n) is 30.7. The van der Waals surface area contributed by atoms with Gasteiger partial charge in [0.15, 0.2) is 0 Å². The van der Waals surface area contributed by atoms with Crippen LogP contribution in [0.3, 0.4) is 0 Å². The number of unbranched alkanes of at least 4 members (excludes halogenated alkanes) is 3. The van der Waals surface area contributed by atoms with E-state index in [1.165, 1.54) is 25.8 Å². The van der Waals surface area contributed by atoms with Crippen LogP contribution in [0.2, 0.25) is 0 Å². The van der Waals surface area contributed by atoms with Crippen molar-refractivity contribution in [1.29, 1.82) is 0 Å². The third-order valence-corrected chi connectivity index (χ3v) is 9.63. The molecule has 1 saturated carbocycles. The van der Waals surface area contributed by atoms with Crippen molar-refractivity contribution in [1.82, 2.24) is 20.9 Å². The fourth-order valence-electron chi connectivity index (χ4n) is 6.05. The van der Waals surface area contributed by atoms with Gasteiger partial charge in [-0.2, -0.15) is 0 Å². The zero-order chi connectivity index (χ0) is 37.3. The minimum Gasteiger partial charge on any atom is -0.460 e. The van der Waals surface area contributed by atoms with Crippen molar-refractivity contribution in [2.45, 2.75) is 155 Å². The summed E-state index contributed by atoms with van der Waals surface area (Å²) in [5.41, 5.74) is 5.32. The Kier molecular flexibility index (Phi) is 20.1. The summed E-state index contributed by atoms with van der Waals surface area (Å²) in [5.74, 6) is -5.47. The summed E-state index contributed by atoms with van der Waals surface area (Å²) in [6.45, 7) is 9.42. The molecule has 0 saturated heterocycles. The molecule has 282 valence electrons. The summed E-state index contributed by atoms with van der Waals surface area (Å²) in [6, 6.07) is -4.27. The largest absolute Gasteiger partial charge is 0.460 e. The number of nitrogens with two attached hydrogens (primary N) is 1. The number of primary amides is 1. The molecule has 1 aliphatic rings. The van der Waals surface area contributed by atoms with Crippen LogP contribution in [0, 0.1) is 17.8 Å². The van der Waals surface area contributed by atoms with Crippen LogP contribution in [-0.2, 0) is 33.5 Å². The molecule has 14 nitrogen and oxygen atoms in total. The SMILES string of the molecule is CCCCCC[C@@H](OC(=O)[C@@H](C)NC(=O)[C@@H](C)[C@H](C)O)[C@@H](C)C(=O)N(C)[C@@H](CCC)C(=O)N[C@H](C(=O)N[C@@H](CO)C(N)=O)C1CCCCC1. The maximum Gasteiger partial charge on any atom is 0.328 e. The molecule has 49 heavy (non-hydrogen) atoms. The number of esters is 1. The molecule has 0 heterocycles. The molecule has 0 aliphatic heterocycles. The van der Waals surface area contributed by atoms with Gasteiger partial charge in [0.05, 0.1) is 24.5 Å². The number of hydrogen-bond donors (Lipinski definition) is 6. The molecule has 8 atom stereocenters. The highest BCUT2D eigenvalue weighted by atomic mass is 16.5. The molecule has 0 unspecified atom stereocenters. The predicted octanol–water partition coefficient (Wildman–Crippen LogP) is 1.68. The molecule has 1 rings (SSSR count). The van der Waals surface area contributed by atoms with Crippen LogP contribution >= 0.6 is 0 Å². The summed E-state index contributed by atoms with van der Waals surface area (Å²) >= 11 is 0. The van der Waals surface area contributed by atoms with E-state index in [0.29, 0.717) is 38.5 Å². The molecular formula is C35H63N5O9. The summed E-state index contributed by atoms with van der Waals surface area (Å²) < 4.78 is 5.83. The molecule has 0 aromatic rings. The molecule has 0 bridgehead atoms. The third kappa shape index (κ3) is 14.2. The van der Waals surface area contributed by atoms with Crippen LogP contribution in [0.1, 0.15) is 119 Å². The number of amides is 5. The number of hydrogen-bond acceptors (Lipinski definition) is 9. The summed E-state index contributed by atoms with van der Waals surface area (Å²) in [6.07, 6.45) is 7.17. The minimum atomic E-state index is -1.30. The highest BCUT2D eigenvalue weighted by Crippen LogP contribution is 2.27. The lowest BCUT2D eigenvalue weighted by atomic mass is 9.83. The van der Waals surface area contributed by atoms with Gasteiger partial charge in [-0.1, -0.05) is 72.6 Å². The number of nitrogens with zero attached hydrogens (tertiary/aromatic N) is 1. The van der Waals surface area contributed by atoms with Crippen LogP contribution in [0.4, 0.5) is 0 Å². The van der Waals surface area contributed by atoms with Gasteiger partial charge in [0, 0.05) is 7.05 Å². The van der Waals surface area contributed by atoms with E-state index in [1.54, 1.807) is 13.8 Å². The summed E-state index contributed by atoms with van der Waals surface area (Å²) in [7, 11) is 1.51. The van der Waals surface area contributed by atoms with Crippen LogP contribution < -0.4 is 21.7 Å². The van der Waals surface area contributed by atoms with Crippen molar-refractivity contribution < 1.29 is 43.7 Å². The van der Waals surface area contributed by atoms with Crippen LogP contribution in [0.25, 0.3) is 0 Å². The molecule has 1 aliphatic carbocycles. The van der Waals surface area contributed by atoms with E-state index in [1.807, 2.05) is 6.92 Å². The van der Waals surface area contributed by atoms with E-state index in [4.69, 9.17) is 10.5 Å².